The fraction of sp³-hybridized carbons (Fsp3) is 0.104. The number of anilines is 6. The van der Waals surface area contributed by atoms with Gasteiger partial charge in [-0.05, 0) is 140 Å². The summed E-state index contributed by atoms with van der Waals surface area (Å²) in [6.07, 6.45) is 0. The van der Waals surface area contributed by atoms with Crippen molar-refractivity contribution in [3.8, 4) is 44.9 Å². The van der Waals surface area contributed by atoms with E-state index in [1.807, 2.05) is 0 Å². The van der Waals surface area contributed by atoms with Gasteiger partial charge in [-0.25, -0.2) is 0 Å². The van der Waals surface area contributed by atoms with Crippen molar-refractivity contribution in [1.82, 2.24) is 0 Å². The van der Waals surface area contributed by atoms with E-state index in [2.05, 4.69) is 268 Å². The number of ether oxygens (including phenoxy) is 1. The Kier molecular flexibility index (Phi) is 8.59. The standard InChI is InChI=1S/C67H50N2O/c1-65(2)54-27-14-11-24-48(54)51-37-34-45(40-59(51)65)68(43-20-7-5-8-21-43)46-35-39-53-50-26-13-16-29-56(50)67(61(53)42-46)57-30-17-18-33-63(57)70-64-58(67)31-19-32-62(64)69(44-22-9-6-10-23-44)47-36-38-52-49-25-12-15-28-55(49)66(3,4)60(52)41-47/h5-42H,1-4H3. The molecule has 0 saturated heterocycles. The molecule has 14 rings (SSSR count). The smallest absolute Gasteiger partial charge is 0.156 e. The Labute approximate surface area is 410 Å². The summed E-state index contributed by atoms with van der Waals surface area (Å²) < 4.78 is 7.39. The minimum absolute atomic E-state index is 0.143. The van der Waals surface area contributed by atoms with Crippen molar-refractivity contribution in [2.45, 2.75) is 43.9 Å². The van der Waals surface area contributed by atoms with Gasteiger partial charge in [0.1, 0.15) is 5.75 Å². The van der Waals surface area contributed by atoms with Crippen LogP contribution in [0.3, 0.4) is 0 Å². The summed E-state index contributed by atoms with van der Waals surface area (Å²) in [5.74, 6) is 1.70. The van der Waals surface area contributed by atoms with Crippen LogP contribution < -0.4 is 14.5 Å². The molecular formula is C67H50N2O. The Balaban J connectivity index is 1.00. The van der Waals surface area contributed by atoms with Crippen molar-refractivity contribution in [3.63, 3.8) is 0 Å². The highest BCUT2D eigenvalue weighted by molar-refractivity contribution is 5.95. The van der Waals surface area contributed by atoms with Crippen LogP contribution >= 0.6 is 0 Å². The molecule has 10 aromatic carbocycles. The van der Waals surface area contributed by atoms with Crippen molar-refractivity contribution in [2.75, 3.05) is 9.80 Å². The Morgan fingerprint density at radius 3 is 1.26 bits per heavy atom. The van der Waals surface area contributed by atoms with Crippen LogP contribution in [0.25, 0.3) is 33.4 Å². The third-order valence-corrected chi connectivity index (χ3v) is 16.1. The predicted octanol–water partition coefficient (Wildman–Crippen LogP) is 17.7. The van der Waals surface area contributed by atoms with Gasteiger partial charge in [-0.1, -0.05) is 185 Å². The first-order valence-corrected chi connectivity index (χ1v) is 24.6. The molecule has 0 amide bonds. The summed E-state index contributed by atoms with van der Waals surface area (Å²) in [5, 5.41) is 0. The maximum absolute atomic E-state index is 7.39. The summed E-state index contributed by atoms with van der Waals surface area (Å²) in [7, 11) is 0. The summed E-state index contributed by atoms with van der Waals surface area (Å²) >= 11 is 0. The van der Waals surface area contributed by atoms with Gasteiger partial charge in [-0.2, -0.15) is 0 Å². The van der Waals surface area contributed by atoms with Gasteiger partial charge in [0.15, 0.2) is 5.75 Å². The number of para-hydroxylation sites is 4. The number of benzene rings is 10. The van der Waals surface area contributed by atoms with Gasteiger partial charge in [0.25, 0.3) is 0 Å². The van der Waals surface area contributed by atoms with Crippen molar-refractivity contribution >= 4 is 34.1 Å². The minimum atomic E-state index is -0.712. The molecule has 0 aromatic heterocycles. The molecule has 1 unspecified atom stereocenters. The van der Waals surface area contributed by atoms with E-state index in [-0.39, 0.29) is 10.8 Å². The molecule has 70 heavy (non-hydrogen) atoms. The highest BCUT2D eigenvalue weighted by atomic mass is 16.5. The van der Waals surface area contributed by atoms with Crippen LogP contribution in [0.2, 0.25) is 0 Å². The van der Waals surface area contributed by atoms with Gasteiger partial charge in [-0.3, -0.25) is 0 Å². The van der Waals surface area contributed by atoms with E-state index < -0.39 is 5.41 Å². The fourth-order valence-corrected chi connectivity index (χ4v) is 12.9. The zero-order valence-corrected chi connectivity index (χ0v) is 39.7. The molecule has 3 aliphatic carbocycles. The quantitative estimate of drug-likeness (QED) is 0.165. The SMILES string of the molecule is CC1(C)c2ccccc2-c2ccc(N(c3ccccc3)c3ccc4c(c3)C3(c5ccccc5Oc5c(N(c6ccccc6)c6ccc7c(c6)C(C)(C)c6ccccc6-7)cccc53)c3ccccc3-4)cc21. The second-order valence-corrected chi connectivity index (χ2v) is 20.4. The molecule has 3 nitrogen and oxygen atoms in total. The van der Waals surface area contributed by atoms with Crippen molar-refractivity contribution in [3.05, 3.63) is 275 Å². The molecule has 0 bridgehead atoms. The fourth-order valence-electron chi connectivity index (χ4n) is 12.9. The van der Waals surface area contributed by atoms with Gasteiger partial charge in [0.2, 0.25) is 0 Å². The molecule has 0 saturated carbocycles. The Bertz CT molecular complexity index is 3770. The Morgan fingerprint density at radius 1 is 0.286 bits per heavy atom. The molecular weight excluding hydrogens is 849 g/mol. The molecule has 0 fully saturated rings. The second kappa shape index (κ2) is 14.8. The molecule has 3 heteroatoms. The molecule has 334 valence electrons. The van der Waals surface area contributed by atoms with Crippen molar-refractivity contribution < 1.29 is 4.74 Å². The first kappa shape index (κ1) is 40.6. The van der Waals surface area contributed by atoms with E-state index in [0.29, 0.717) is 0 Å². The summed E-state index contributed by atoms with van der Waals surface area (Å²) in [5.41, 5.74) is 23.3. The van der Waals surface area contributed by atoms with E-state index >= 15 is 0 Å². The maximum atomic E-state index is 7.39. The highest BCUT2D eigenvalue weighted by Crippen LogP contribution is 2.65. The molecule has 1 atom stereocenters. The van der Waals surface area contributed by atoms with E-state index in [9.17, 15) is 0 Å². The molecule has 0 radical (unpaired) electrons. The van der Waals surface area contributed by atoms with Crippen molar-refractivity contribution in [2.24, 2.45) is 0 Å². The predicted molar refractivity (Wildman–Crippen MR) is 288 cm³/mol. The normalized spacial score (nSPS) is 16.4. The molecule has 1 heterocycles. The lowest BCUT2D eigenvalue weighted by atomic mass is 9.66. The largest absolute Gasteiger partial charge is 0.454 e. The van der Waals surface area contributed by atoms with Gasteiger partial charge >= 0.3 is 0 Å². The lowest BCUT2D eigenvalue weighted by Crippen LogP contribution is -2.33. The average Bonchev–Trinajstić information content (AvgIpc) is 3.91. The zero-order chi connectivity index (χ0) is 46.9. The third kappa shape index (κ3) is 5.52. The van der Waals surface area contributed by atoms with Gasteiger partial charge in [0.05, 0.1) is 11.1 Å². The highest BCUT2D eigenvalue weighted by Gasteiger charge is 2.52. The third-order valence-electron chi connectivity index (χ3n) is 16.1. The summed E-state index contributed by atoms with van der Waals surface area (Å²) in [4.78, 5) is 4.85. The van der Waals surface area contributed by atoms with Crippen LogP contribution in [0.5, 0.6) is 11.5 Å². The number of hydrogen-bond donors (Lipinski definition) is 0. The van der Waals surface area contributed by atoms with E-state index in [1.54, 1.807) is 0 Å². The Morgan fingerprint density at radius 2 is 0.686 bits per heavy atom. The summed E-state index contributed by atoms with van der Waals surface area (Å²) in [6, 6.07) is 85.2. The lowest BCUT2D eigenvalue weighted by Gasteiger charge is -2.41. The van der Waals surface area contributed by atoms with Gasteiger partial charge in [-0.15, -0.1) is 0 Å². The summed E-state index contributed by atoms with van der Waals surface area (Å²) in [6.45, 7) is 9.44. The molecule has 1 aliphatic heterocycles. The first-order valence-electron chi connectivity index (χ1n) is 24.6. The van der Waals surface area contributed by atoms with E-state index in [1.165, 1.54) is 66.8 Å². The topological polar surface area (TPSA) is 15.7 Å². The molecule has 0 N–H and O–H groups in total. The molecule has 4 aliphatic rings. The van der Waals surface area contributed by atoms with Crippen LogP contribution in [0.15, 0.2) is 231 Å². The van der Waals surface area contributed by atoms with Crippen molar-refractivity contribution in [1.29, 1.82) is 0 Å². The second-order valence-electron chi connectivity index (χ2n) is 20.4. The lowest BCUT2D eigenvalue weighted by molar-refractivity contribution is 0.437. The first-order chi connectivity index (χ1) is 34.2. The van der Waals surface area contributed by atoms with Gasteiger partial charge in [0, 0.05) is 50.4 Å². The molecule has 10 aromatic rings. The molecule has 1 spiro atoms. The number of nitrogens with zero attached hydrogens (tertiary/aromatic N) is 2. The average molecular weight is 899 g/mol. The van der Waals surface area contributed by atoms with Crippen LogP contribution in [0, 0.1) is 0 Å². The van der Waals surface area contributed by atoms with Crippen LogP contribution in [-0.4, -0.2) is 0 Å². The van der Waals surface area contributed by atoms with Crippen LogP contribution in [0.4, 0.5) is 34.1 Å². The Hall–Kier alpha value is -8.40. The zero-order valence-electron chi connectivity index (χ0n) is 39.7. The number of fused-ring (bicyclic) bond motifs is 15. The van der Waals surface area contributed by atoms with Gasteiger partial charge < -0.3 is 14.5 Å². The van der Waals surface area contributed by atoms with E-state index in [4.69, 9.17) is 4.74 Å². The maximum Gasteiger partial charge on any atom is 0.156 e. The minimum Gasteiger partial charge on any atom is -0.454 e. The number of hydrogen-bond acceptors (Lipinski definition) is 3. The van der Waals surface area contributed by atoms with E-state index in [0.717, 1.165) is 56.8 Å². The monoisotopic (exact) mass is 898 g/mol. The van der Waals surface area contributed by atoms with Crippen LogP contribution in [-0.2, 0) is 16.2 Å². The van der Waals surface area contributed by atoms with Crippen LogP contribution in [0.1, 0.15) is 72.2 Å². The number of rotatable bonds is 6.